The van der Waals surface area contributed by atoms with E-state index in [1.54, 1.807) is 0 Å². The summed E-state index contributed by atoms with van der Waals surface area (Å²) in [6, 6.07) is 10.3. The molecule has 1 heterocycles. The van der Waals surface area contributed by atoms with Gasteiger partial charge in [-0.15, -0.1) is 0 Å². The second-order valence-electron chi connectivity index (χ2n) is 3.31. The molecule has 0 bridgehead atoms. The summed E-state index contributed by atoms with van der Waals surface area (Å²) >= 11 is 0. The topological polar surface area (TPSA) is 15.4 Å². The standard InChI is InChI=1S/C11H13N2/c1-9-12-11(8-13(9)2)10-6-4-3-5-7-10/h3-9H,1-2H3/q+1. The van der Waals surface area contributed by atoms with Crippen LogP contribution in [0.3, 0.4) is 0 Å². The average molecular weight is 173 g/mol. The van der Waals surface area contributed by atoms with E-state index in [1.807, 2.05) is 25.2 Å². The van der Waals surface area contributed by atoms with Crippen LogP contribution in [-0.2, 0) is 0 Å². The van der Waals surface area contributed by atoms with Gasteiger partial charge in [-0.3, -0.25) is 0 Å². The molecule has 1 aromatic carbocycles. The summed E-state index contributed by atoms with van der Waals surface area (Å²) in [5.74, 6) is 0. The zero-order valence-electron chi connectivity index (χ0n) is 7.94. The van der Waals surface area contributed by atoms with Gasteiger partial charge in [0.05, 0.1) is 0 Å². The maximum atomic E-state index is 4.53. The van der Waals surface area contributed by atoms with Gasteiger partial charge in [0.25, 0.3) is 0 Å². The lowest BCUT2D eigenvalue weighted by molar-refractivity contribution is -0.522. The van der Waals surface area contributed by atoms with Crippen LogP contribution in [0.4, 0.5) is 0 Å². The molecule has 0 saturated heterocycles. The molecule has 1 aliphatic heterocycles. The van der Waals surface area contributed by atoms with Crippen LogP contribution < -0.4 is 0 Å². The van der Waals surface area contributed by atoms with Crippen LogP contribution in [0.15, 0.2) is 35.3 Å². The third-order valence-electron chi connectivity index (χ3n) is 2.31. The van der Waals surface area contributed by atoms with Crippen molar-refractivity contribution in [2.75, 3.05) is 7.05 Å². The third-order valence-corrected chi connectivity index (χ3v) is 2.31. The van der Waals surface area contributed by atoms with E-state index in [9.17, 15) is 0 Å². The van der Waals surface area contributed by atoms with E-state index >= 15 is 0 Å². The predicted octanol–water partition coefficient (Wildman–Crippen LogP) is 1.55. The Morgan fingerprint density at radius 3 is 2.46 bits per heavy atom. The highest BCUT2D eigenvalue weighted by Crippen LogP contribution is 2.06. The normalized spacial score (nSPS) is 21.2. The van der Waals surface area contributed by atoms with Crippen LogP contribution in [0.25, 0.3) is 0 Å². The summed E-state index contributed by atoms with van der Waals surface area (Å²) in [5.41, 5.74) is 2.27. The molecule has 1 atom stereocenters. The van der Waals surface area contributed by atoms with E-state index in [1.165, 1.54) is 5.56 Å². The Kier molecular flexibility index (Phi) is 1.97. The third kappa shape index (κ3) is 1.52. The number of nitrogens with zero attached hydrogens (tertiary/aromatic N) is 2. The Labute approximate surface area is 78.3 Å². The highest BCUT2D eigenvalue weighted by molar-refractivity contribution is 6.37. The van der Waals surface area contributed by atoms with Gasteiger partial charge < -0.3 is 0 Å². The molecule has 13 heavy (non-hydrogen) atoms. The van der Waals surface area contributed by atoms with E-state index in [-0.39, 0.29) is 6.17 Å². The van der Waals surface area contributed by atoms with Crippen LogP contribution in [0.2, 0.25) is 0 Å². The monoisotopic (exact) mass is 173 g/mol. The molecule has 0 saturated carbocycles. The second-order valence-corrected chi connectivity index (χ2v) is 3.31. The quantitative estimate of drug-likeness (QED) is 0.573. The van der Waals surface area contributed by atoms with Crippen molar-refractivity contribution in [1.29, 1.82) is 0 Å². The minimum absolute atomic E-state index is 0.273. The summed E-state index contributed by atoms with van der Waals surface area (Å²) in [7, 11) is 2.05. The van der Waals surface area contributed by atoms with E-state index < -0.39 is 0 Å². The lowest BCUT2D eigenvalue weighted by Gasteiger charge is -1.93. The molecular weight excluding hydrogens is 160 g/mol. The molecule has 1 aliphatic rings. The maximum absolute atomic E-state index is 4.53. The van der Waals surface area contributed by atoms with Gasteiger partial charge >= 0.3 is 0 Å². The largest absolute Gasteiger partial charge is 0.243 e. The highest BCUT2D eigenvalue weighted by atomic mass is 15.2. The van der Waals surface area contributed by atoms with Crippen molar-refractivity contribution in [3.8, 4) is 0 Å². The Bertz CT molecular complexity index is 363. The van der Waals surface area contributed by atoms with Crippen LogP contribution in [0.5, 0.6) is 0 Å². The van der Waals surface area contributed by atoms with Gasteiger partial charge in [0.1, 0.15) is 12.8 Å². The number of hydrogen-bond donors (Lipinski definition) is 0. The minimum atomic E-state index is 0.273. The first-order valence-electron chi connectivity index (χ1n) is 4.47. The predicted molar refractivity (Wildman–Crippen MR) is 54.7 cm³/mol. The van der Waals surface area contributed by atoms with Gasteiger partial charge in [0, 0.05) is 12.5 Å². The van der Waals surface area contributed by atoms with E-state index in [0.717, 1.165) is 5.71 Å². The summed E-state index contributed by atoms with van der Waals surface area (Å²) in [4.78, 5) is 4.53. The Balaban J connectivity index is 2.35. The van der Waals surface area contributed by atoms with Crippen LogP contribution >= 0.6 is 0 Å². The van der Waals surface area contributed by atoms with Crippen molar-refractivity contribution in [3.63, 3.8) is 0 Å². The Morgan fingerprint density at radius 1 is 1.23 bits per heavy atom. The molecule has 2 nitrogen and oxygen atoms in total. The van der Waals surface area contributed by atoms with E-state index in [4.69, 9.17) is 0 Å². The van der Waals surface area contributed by atoms with Gasteiger partial charge in [-0.05, 0) is 0 Å². The molecule has 66 valence electrons. The molecule has 0 aromatic heterocycles. The zero-order valence-corrected chi connectivity index (χ0v) is 7.94. The Morgan fingerprint density at radius 2 is 1.92 bits per heavy atom. The molecule has 0 radical (unpaired) electrons. The van der Waals surface area contributed by atoms with Crippen molar-refractivity contribution >= 4 is 11.9 Å². The van der Waals surface area contributed by atoms with E-state index in [2.05, 4.69) is 34.8 Å². The smallest absolute Gasteiger partial charge is 0.214 e. The molecule has 2 rings (SSSR count). The van der Waals surface area contributed by atoms with Crippen LogP contribution in [0, 0.1) is 0 Å². The fourth-order valence-electron chi connectivity index (χ4n) is 1.38. The SMILES string of the molecule is CC1N=C(c2ccccc2)C=[N+]1C. The molecule has 1 aromatic rings. The highest BCUT2D eigenvalue weighted by Gasteiger charge is 2.19. The zero-order chi connectivity index (χ0) is 9.26. The molecule has 2 heteroatoms. The minimum Gasteiger partial charge on any atom is -0.214 e. The lowest BCUT2D eigenvalue weighted by atomic mass is 10.1. The van der Waals surface area contributed by atoms with Crippen molar-refractivity contribution < 1.29 is 4.58 Å². The molecule has 0 spiro atoms. The Hall–Kier alpha value is -1.44. The average Bonchev–Trinajstić information content (AvgIpc) is 2.49. The molecular formula is C11H13N2+. The molecule has 0 aliphatic carbocycles. The van der Waals surface area contributed by atoms with Crippen molar-refractivity contribution in [3.05, 3.63) is 35.9 Å². The number of hydrogen-bond acceptors (Lipinski definition) is 1. The summed E-state index contributed by atoms with van der Waals surface area (Å²) < 4.78 is 2.11. The number of aliphatic imine (C=N–C) groups is 1. The molecule has 0 amide bonds. The summed E-state index contributed by atoms with van der Waals surface area (Å²) in [6.45, 7) is 2.09. The fraction of sp³-hybridized carbons (Fsp3) is 0.273. The lowest BCUT2D eigenvalue weighted by Crippen LogP contribution is -2.12. The van der Waals surface area contributed by atoms with Gasteiger partial charge in [0.2, 0.25) is 6.17 Å². The van der Waals surface area contributed by atoms with Crippen molar-refractivity contribution in [2.45, 2.75) is 13.1 Å². The molecule has 0 N–H and O–H groups in total. The first-order chi connectivity index (χ1) is 6.27. The summed E-state index contributed by atoms with van der Waals surface area (Å²) in [5, 5.41) is 0. The van der Waals surface area contributed by atoms with Gasteiger partial charge in [-0.1, -0.05) is 30.3 Å². The maximum Gasteiger partial charge on any atom is 0.243 e. The number of benzene rings is 1. The first kappa shape index (κ1) is 8.17. The van der Waals surface area contributed by atoms with Gasteiger partial charge in [-0.2, -0.15) is 0 Å². The summed E-state index contributed by atoms with van der Waals surface area (Å²) in [6.07, 6.45) is 2.36. The second kappa shape index (κ2) is 3.13. The fourth-order valence-corrected chi connectivity index (χ4v) is 1.38. The van der Waals surface area contributed by atoms with Crippen molar-refractivity contribution in [1.82, 2.24) is 0 Å². The first-order valence-corrected chi connectivity index (χ1v) is 4.47. The molecule has 1 unspecified atom stereocenters. The molecule has 0 fully saturated rings. The van der Waals surface area contributed by atoms with Crippen LogP contribution in [0.1, 0.15) is 12.5 Å². The number of rotatable bonds is 1. The van der Waals surface area contributed by atoms with E-state index in [0.29, 0.717) is 0 Å². The van der Waals surface area contributed by atoms with Gasteiger partial charge in [-0.25, -0.2) is 9.57 Å². The van der Waals surface area contributed by atoms with Gasteiger partial charge in [0.15, 0.2) is 6.21 Å². The van der Waals surface area contributed by atoms with Crippen LogP contribution in [-0.4, -0.2) is 29.7 Å². The van der Waals surface area contributed by atoms with Crippen molar-refractivity contribution in [2.24, 2.45) is 4.99 Å².